The first kappa shape index (κ1) is 22.0. The van der Waals surface area contributed by atoms with Gasteiger partial charge in [0.05, 0.1) is 22.7 Å². The third-order valence-corrected chi connectivity index (χ3v) is 4.69. The van der Waals surface area contributed by atoms with Crippen LogP contribution < -0.4 is 14.9 Å². The number of benzene rings is 2. The smallest absolute Gasteiger partial charge is 0.293 e. The van der Waals surface area contributed by atoms with Crippen molar-refractivity contribution < 1.29 is 19.2 Å². The summed E-state index contributed by atoms with van der Waals surface area (Å²) < 4.78 is 13.2. The number of carbonyl (C=O) groups excluding carboxylic acids is 1. The van der Waals surface area contributed by atoms with E-state index in [1.165, 1.54) is 30.1 Å². The van der Waals surface area contributed by atoms with Crippen molar-refractivity contribution in [3.05, 3.63) is 80.1 Å². The number of methoxy groups -OCH3 is 1. The molecule has 0 aliphatic carbocycles. The van der Waals surface area contributed by atoms with Crippen LogP contribution in [0.2, 0.25) is 0 Å². The summed E-state index contributed by atoms with van der Waals surface area (Å²) in [6.07, 6.45) is 3.13. The van der Waals surface area contributed by atoms with Gasteiger partial charge in [-0.1, -0.05) is 0 Å². The second-order valence-electron chi connectivity index (χ2n) is 6.32. The molecule has 0 spiro atoms. The van der Waals surface area contributed by atoms with Crippen LogP contribution in [0.4, 0.5) is 5.69 Å². The third-order valence-electron chi connectivity index (χ3n) is 4.11. The van der Waals surface area contributed by atoms with Gasteiger partial charge in [-0.05, 0) is 57.4 Å². The molecule has 3 rings (SSSR count). The van der Waals surface area contributed by atoms with E-state index in [0.717, 1.165) is 5.56 Å². The topological polar surface area (TPSA) is 121 Å². The van der Waals surface area contributed by atoms with E-state index in [4.69, 9.17) is 9.47 Å². The van der Waals surface area contributed by atoms with Gasteiger partial charge >= 0.3 is 0 Å². The lowest BCUT2D eigenvalue weighted by Crippen LogP contribution is -2.19. The first-order chi connectivity index (χ1) is 14.9. The maximum Gasteiger partial charge on any atom is 0.293 e. The number of nitrogens with zero attached hydrogens (tertiary/aromatic N) is 4. The van der Waals surface area contributed by atoms with Crippen LogP contribution >= 0.6 is 15.9 Å². The molecule has 160 valence electrons. The number of nitrogens with one attached hydrogen (secondary N) is 1. The molecule has 0 bridgehead atoms. The van der Waals surface area contributed by atoms with E-state index in [1.54, 1.807) is 43.6 Å². The Hall–Kier alpha value is -3.73. The number of amides is 1. The maximum absolute atomic E-state index is 12.1. The van der Waals surface area contributed by atoms with Crippen LogP contribution in [0.1, 0.15) is 21.6 Å². The van der Waals surface area contributed by atoms with E-state index in [2.05, 4.69) is 31.6 Å². The molecule has 0 aliphatic heterocycles. The van der Waals surface area contributed by atoms with E-state index in [1.807, 2.05) is 0 Å². The van der Waals surface area contributed by atoms with Crippen LogP contribution in [0.3, 0.4) is 0 Å². The zero-order valence-electron chi connectivity index (χ0n) is 16.6. The molecule has 2 aromatic carbocycles. The Morgan fingerprint density at radius 3 is 2.65 bits per heavy atom. The highest BCUT2D eigenvalue weighted by Crippen LogP contribution is 2.28. The third kappa shape index (κ3) is 5.66. The molecular weight excluding hydrogens is 470 g/mol. The number of rotatable bonds is 8. The molecule has 11 heteroatoms. The average molecular weight is 488 g/mol. The summed E-state index contributed by atoms with van der Waals surface area (Å²) in [6, 6.07) is 11.3. The minimum atomic E-state index is -0.457. The van der Waals surface area contributed by atoms with Gasteiger partial charge in [0.1, 0.15) is 6.61 Å². The monoisotopic (exact) mass is 487 g/mol. The Labute approximate surface area is 185 Å². The molecule has 0 radical (unpaired) electrons. The number of nitro groups is 1. The highest BCUT2D eigenvalue weighted by Gasteiger charge is 2.13. The van der Waals surface area contributed by atoms with Crippen molar-refractivity contribution in [2.24, 2.45) is 12.1 Å². The van der Waals surface area contributed by atoms with Gasteiger partial charge in [-0.15, -0.1) is 0 Å². The van der Waals surface area contributed by atoms with Gasteiger partial charge in [0.15, 0.2) is 17.2 Å². The van der Waals surface area contributed by atoms with Gasteiger partial charge in [-0.25, -0.2) is 5.43 Å². The summed E-state index contributed by atoms with van der Waals surface area (Å²) in [7, 11) is 3.23. The van der Waals surface area contributed by atoms with Crippen molar-refractivity contribution in [1.29, 1.82) is 0 Å². The molecule has 1 N–H and O–H groups in total. The maximum atomic E-state index is 12.1. The molecule has 0 saturated carbocycles. The molecule has 0 fully saturated rings. The number of non-ortho nitro benzene ring substituents is 1. The van der Waals surface area contributed by atoms with E-state index in [-0.39, 0.29) is 18.0 Å². The van der Waals surface area contributed by atoms with Crippen molar-refractivity contribution in [2.45, 2.75) is 6.61 Å². The number of halogens is 1. The first-order valence-electron chi connectivity index (χ1n) is 8.94. The number of nitro benzene ring substituents is 1. The summed E-state index contributed by atoms with van der Waals surface area (Å²) in [6.45, 7) is 0.194. The summed E-state index contributed by atoms with van der Waals surface area (Å²) in [4.78, 5) is 22.4. The van der Waals surface area contributed by atoms with Crippen molar-refractivity contribution in [3.8, 4) is 11.5 Å². The molecule has 31 heavy (non-hydrogen) atoms. The highest BCUT2D eigenvalue weighted by atomic mass is 79.9. The van der Waals surface area contributed by atoms with Crippen LogP contribution in [0.5, 0.6) is 11.5 Å². The molecule has 1 amide bonds. The predicted molar refractivity (Wildman–Crippen MR) is 116 cm³/mol. The molecule has 3 aromatic rings. The van der Waals surface area contributed by atoms with Gasteiger partial charge in [0, 0.05) is 25.4 Å². The summed E-state index contributed by atoms with van der Waals surface area (Å²) in [5.74, 6) is 0.524. The largest absolute Gasteiger partial charge is 0.493 e. The zero-order chi connectivity index (χ0) is 22.4. The molecule has 10 nitrogen and oxygen atoms in total. The van der Waals surface area contributed by atoms with E-state index >= 15 is 0 Å². The fourth-order valence-electron chi connectivity index (χ4n) is 2.59. The van der Waals surface area contributed by atoms with Gasteiger partial charge in [-0.2, -0.15) is 10.2 Å². The Morgan fingerprint density at radius 2 is 2.03 bits per heavy atom. The fourth-order valence-corrected chi connectivity index (χ4v) is 3.15. The second-order valence-corrected chi connectivity index (χ2v) is 7.18. The van der Waals surface area contributed by atoms with Gasteiger partial charge in [0.25, 0.3) is 11.6 Å². The minimum absolute atomic E-state index is 0.0133. The Kier molecular flexibility index (Phi) is 6.98. The normalized spacial score (nSPS) is 10.8. The zero-order valence-corrected chi connectivity index (χ0v) is 18.2. The summed E-state index contributed by atoms with van der Waals surface area (Å²) in [5.41, 5.74) is 4.09. The van der Waals surface area contributed by atoms with Crippen molar-refractivity contribution in [3.63, 3.8) is 0 Å². The Bertz CT molecular complexity index is 1130. The van der Waals surface area contributed by atoms with Crippen LogP contribution in [0.25, 0.3) is 0 Å². The number of hydrazone groups is 1. The van der Waals surface area contributed by atoms with E-state index in [9.17, 15) is 14.9 Å². The SMILES string of the molecule is COc1ccc(/C=N\NC(=O)c2nn(C)cc2Br)cc1OCc1ccc([N+](=O)[O-])cc1. The lowest BCUT2D eigenvalue weighted by atomic mass is 10.2. The molecule has 0 saturated heterocycles. The molecule has 0 unspecified atom stereocenters. The number of hydrogen-bond donors (Lipinski definition) is 1. The summed E-state index contributed by atoms with van der Waals surface area (Å²) >= 11 is 3.27. The highest BCUT2D eigenvalue weighted by molar-refractivity contribution is 9.10. The van der Waals surface area contributed by atoms with Crippen LogP contribution in [0, 0.1) is 10.1 Å². The van der Waals surface area contributed by atoms with E-state index in [0.29, 0.717) is 21.5 Å². The second kappa shape index (κ2) is 9.85. The van der Waals surface area contributed by atoms with Crippen molar-refractivity contribution >= 4 is 33.7 Å². The van der Waals surface area contributed by atoms with Crippen molar-refractivity contribution in [1.82, 2.24) is 15.2 Å². The standard InChI is InChI=1S/C20H18BrN5O5/c1-25-11-16(21)19(24-25)20(27)23-22-10-14-5-8-17(30-2)18(9-14)31-12-13-3-6-15(7-4-13)26(28)29/h3-11H,12H2,1-2H3,(H,23,27)/b22-10-. The minimum Gasteiger partial charge on any atom is -0.493 e. The fraction of sp³-hybridized carbons (Fsp3) is 0.150. The van der Waals surface area contributed by atoms with E-state index < -0.39 is 10.8 Å². The van der Waals surface area contributed by atoms with Gasteiger partial charge in [-0.3, -0.25) is 19.6 Å². The van der Waals surface area contributed by atoms with Crippen LogP contribution in [0.15, 0.2) is 58.2 Å². The lowest BCUT2D eigenvalue weighted by molar-refractivity contribution is -0.384. The predicted octanol–water partition coefficient (Wildman–Crippen LogP) is 3.44. The number of ether oxygens (including phenoxy) is 2. The number of aromatic nitrogens is 2. The molecular formula is C20H18BrN5O5. The molecule has 1 aromatic heterocycles. The number of hydrogen-bond acceptors (Lipinski definition) is 7. The number of carbonyl (C=O) groups is 1. The quantitative estimate of drug-likeness (QED) is 0.295. The van der Waals surface area contributed by atoms with Crippen molar-refractivity contribution in [2.75, 3.05) is 7.11 Å². The molecule has 0 atom stereocenters. The van der Waals surface area contributed by atoms with Crippen LogP contribution in [-0.4, -0.2) is 33.9 Å². The molecule has 1 heterocycles. The van der Waals surface area contributed by atoms with Crippen LogP contribution in [-0.2, 0) is 13.7 Å². The van der Waals surface area contributed by atoms with Gasteiger partial charge in [0.2, 0.25) is 0 Å². The molecule has 0 aliphatic rings. The number of aryl methyl sites for hydroxylation is 1. The lowest BCUT2D eigenvalue weighted by Gasteiger charge is -2.11. The van der Waals surface area contributed by atoms with Gasteiger partial charge < -0.3 is 9.47 Å². The Morgan fingerprint density at radius 1 is 1.29 bits per heavy atom. The average Bonchev–Trinajstić information content (AvgIpc) is 3.10. The summed E-state index contributed by atoms with van der Waals surface area (Å²) in [5, 5.41) is 18.8. The Balaban J connectivity index is 1.66. The first-order valence-corrected chi connectivity index (χ1v) is 9.73.